The van der Waals surface area contributed by atoms with Crippen molar-refractivity contribution >= 4 is 53.8 Å². The quantitative estimate of drug-likeness (QED) is 0.141. The van der Waals surface area contributed by atoms with Gasteiger partial charge in [0.05, 0.1) is 11.7 Å². The fourth-order valence-corrected chi connectivity index (χ4v) is 8.88. The third-order valence-corrected chi connectivity index (χ3v) is 11.3. The van der Waals surface area contributed by atoms with E-state index < -0.39 is 0 Å². The normalized spacial score (nSPS) is 20.8. The molecule has 0 fully saturated rings. The number of hydrogen-bond donors (Lipinski definition) is 2. The summed E-state index contributed by atoms with van der Waals surface area (Å²) >= 11 is 1.87. The average Bonchev–Trinajstić information content (AvgIpc) is 3.68. The Balaban J connectivity index is 1.15. The number of nitrogens with one attached hydrogen (secondary N) is 1. The number of hydrazine groups is 1. The van der Waals surface area contributed by atoms with Gasteiger partial charge in [0, 0.05) is 31.7 Å². The molecule has 0 saturated carbocycles. The maximum absolute atomic E-state index is 6.88. The van der Waals surface area contributed by atoms with Crippen LogP contribution in [0.15, 0.2) is 156 Å². The van der Waals surface area contributed by atoms with E-state index in [1.165, 1.54) is 47.8 Å². The number of fused-ring (bicyclic) bond motifs is 9. The molecule has 5 aromatic carbocycles. The number of amidine groups is 1. The first-order valence-corrected chi connectivity index (χ1v) is 17.6. The smallest absolute Gasteiger partial charge is 0.140 e. The van der Waals surface area contributed by atoms with Crippen LogP contribution in [0.25, 0.3) is 42.1 Å². The van der Waals surface area contributed by atoms with Crippen LogP contribution in [0.2, 0.25) is 0 Å². The molecule has 4 atom stereocenters. The van der Waals surface area contributed by atoms with Gasteiger partial charge < -0.3 is 5.73 Å². The second kappa shape index (κ2) is 11.8. The Morgan fingerprint density at radius 2 is 1.62 bits per heavy atom. The summed E-state index contributed by atoms with van der Waals surface area (Å²) in [5.74, 6) is 1.06. The van der Waals surface area contributed by atoms with Crippen molar-refractivity contribution in [1.82, 2.24) is 5.43 Å². The number of thiophene rings is 1. The number of aliphatic imine (C=N–C) groups is 1. The first kappa shape index (κ1) is 29.0. The standard InChI is InChI=1S/C43H36N4S/c1-27-12-5-6-17-31(27)43(45-42(44)30-16-11-15-29(26-30)28-13-3-2-4-14-28)46-47-36-20-9-7-18-34(36)40-32-23-25-39-41(33(32)22-24-37(40)47)35-19-8-10-21-38(35)48-39/h2-11,13-27,34,36,43,46H,12H2,1H3,(H2,44,45). The van der Waals surface area contributed by atoms with Crippen molar-refractivity contribution in [1.29, 1.82) is 0 Å². The van der Waals surface area contributed by atoms with Crippen LogP contribution in [0.5, 0.6) is 0 Å². The van der Waals surface area contributed by atoms with Crippen LogP contribution in [0.1, 0.15) is 30.4 Å². The fourth-order valence-electron chi connectivity index (χ4n) is 7.76. The van der Waals surface area contributed by atoms with Gasteiger partial charge in [-0.2, -0.15) is 0 Å². The zero-order valence-corrected chi connectivity index (χ0v) is 27.6. The molecule has 3 N–H and O–H groups in total. The molecule has 0 amide bonds. The molecule has 4 nitrogen and oxygen atoms in total. The minimum atomic E-state index is -0.338. The van der Waals surface area contributed by atoms with E-state index in [0.717, 1.165) is 23.1 Å². The zero-order valence-electron chi connectivity index (χ0n) is 26.8. The topological polar surface area (TPSA) is 53.6 Å². The van der Waals surface area contributed by atoms with E-state index in [9.17, 15) is 0 Å². The molecular formula is C43H36N4S. The van der Waals surface area contributed by atoms with Gasteiger partial charge in [0.15, 0.2) is 0 Å². The van der Waals surface area contributed by atoms with Gasteiger partial charge in [0.2, 0.25) is 0 Å². The van der Waals surface area contributed by atoms with Crippen LogP contribution >= 0.6 is 11.3 Å². The van der Waals surface area contributed by atoms with E-state index in [0.29, 0.717) is 11.8 Å². The van der Waals surface area contributed by atoms with Crippen LogP contribution in [-0.4, -0.2) is 18.0 Å². The Kier molecular flexibility index (Phi) is 7.11. The first-order valence-electron chi connectivity index (χ1n) is 16.8. The largest absolute Gasteiger partial charge is 0.383 e. The molecule has 0 radical (unpaired) electrons. The van der Waals surface area contributed by atoms with E-state index in [1.807, 2.05) is 17.4 Å². The summed E-state index contributed by atoms with van der Waals surface area (Å²) in [6.45, 7) is 2.28. The monoisotopic (exact) mass is 640 g/mol. The molecule has 234 valence electrons. The summed E-state index contributed by atoms with van der Waals surface area (Å²) in [6.07, 6.45) is 16.3. The number of hydrogen-bond acceptors (Lipinski definition) is 4. The lowest BCUT2D eigenvalue weighted by atomic mass is 9.87. The lowest BCUT2D eigenvalue weighted by molar-refractivity contribution is 0.478. The first-order chi connectivity index (χ1) is 23.6. The van der Waals surface area contributed by atoms with Gasteiger partial charge in [-0.05, 0) is 69.6 Å². The van der Waals surface area contributed by atoms with Crippen LogP contribution in [0.3, 0.4) is 0 Å². The number of rotatable bonds is 6. The number of nitrogens with zero attached hydrogens (tertiary/aromatic N) is 2. The third-order valence-electron chi connectivity index (χ3n) is 10.1. The summed E-state index contributed by atoms with van der Waals surface area (Å²) < 4.78 is 2.67. The molecule has 48 heavy (non-hydrogen) atoms. The second-order valence-electron chi connectivity index (χ2n) is 13.0. The molecule has 0 spiro atoms. The van der Waals surface area contributed by atoms with Crippen LogP contribution in [0, 0.1) is 5.92 Å². The molecule has 3 aliphatic rings. The highest BCUT2D eigenvalue weighted by atomic mass is 32.1. The van der Waals surface area contributed by atoms with Gasteiger partial charge in [-0.15, -0.1) is 11.3 Å². The predicted molar refractivity (Wildman–Crippen MR) is 205 cm³/mol. The molecule has 4 unspecified atom stereocenters. The summed E-state index contributed by atoms with van der Waals surface area (Å²) in [6, 6.07) is 37.0. The molecule has 1 aliphatic heterocycles. The van der Waals surface area contributed by atoms with Crippen molar-refractivity contribution in [2.24, 2.45) is 16.6 Å². The SMILES string of the molecule is CC1CC=CC=C1C(N=C(N)c1cccc(-c2ccccc2)c1)NN1c2ccc3c(ccc4sc5ccccc5c43)c2C2C=CC=CC21. The minimum Gasteiger partial charge on any atom is -0.383 e. The van der Waals surface area contributed by atoms with Crippen molar-refractivity contribution in [3.63, 3.8) is 0 Å². The van der Waals surface area contributed by atoms with Crippen LogP contribution in [-0.2, 0) is 0 Å². The number of benzene rings is 5. The maximum atomic E-state index is 6.88. The maximum Gasteiger partial charge on any atom is 0.140 e. The molecule has 0 saturated heterocycles. The Bertz CT molecular complexity index is 2360. The molecule has 5 heteroatoms. The van der Waals surface area contributed by atoms with Crippen molar-refractivity contribution in [2.75, 3.05) is 5.01 Å². The zero-order chi connectivity index (χ0) is 32.2. The highest BCUT2D eigenvalue weighted by Gasteiger charge is 2.39. The predicted octanol–water partition coefficient (Wildman–Crippen LogP) is 10.0. The summed E-state index contributed by atoms with van der Waals surface area (Å²) in [5, 5.41) is 7.67. The minimum absolute atomic E-state index is 0.112. The van der Waals surface area contributed by atoms with Crippen molar-refractivity contribution < 1.29 is 0 Å². The lowest BCUT2D eigenvalue weighted by Crippen LogP contribution is -2.50. The Morgan fingerprint density at radius 3 is 2.52 bits per heavy atom. The molecular weight excluding hydrogens is 605 g/mol. The summed E-state index contributed by atoms with van der Waals surface area (Å²) in [7, 11) is 0. The highest BCUT2D eigenvalue weighted by Crippen LogP contribution is 2.49. The Hall–Kier alpha value is -5.23. The second-order valence-corrected chi connectivity index (χ2v) is 14.1. The molecule has 9 rings (SSSR count). The van der Waals surface area contributed by atoms with Crippen LogP contribution < -0.4 is 16.2 Å². The van der Waals surface area contributed by atoms with E-state index in [1.54, 1.807) is 0 Å². The number of nitrogens with two attached hydrogens (primary N) is 1. The van der Waals surface area contributed by atoms with Crippen molar-refractivity contribution in [3.05, 3.63) is 162 Å². The van der Waals surface area contributed by atoms with Gasteiger partial charge in [0.25, 0.3) is 0 Å². The summed E-state index contributed by atoms with van der Waals surface area (Å²) in [5.41, 5.74) is 17.8. The average molecular weight is 641 g/mol. The lowest BCUT2D eigenvalue weighted by Gasteiger charge is -2.34. The van der Waals surface area contributed by atoms with Gasteiger partial charge in [-0.3, -0.25) is 5.01 Å². The van der Waals surface area contributed by atoms with E-state index >= 15 is 0 Å². The van der Waals surface area contributed by atoms with Gasteiger partial charge in [-0.25, -0.2) is 10.4 Å². The molecule has 2 aliphatic carbocycles. The van der Waals surface area contributed by atoms with Gasteiger partial charge in [-0.1, -0.05) is 128 Å². The molecule has 0 bridgehead atoms. The van der Waals surface area contributed by atoms with E-state index in [4.69, 9.17) is 10.7 Å². The van der Waals surface area contributed by atoms with E-state index in [2.05, 4.69) is 157 Å². The van der Waals surface area contributed by atoms with Crippen molar-refractivity contribution in [3.8, 4) is 11.1 Å². The third kappa shape index (κ3) is 4.81. The molecule has 6 aromatic rings. The molecule has 2 heterocycles. The summed E-state index contributed by atoms with van der Waals surface area (Å²) in [4.78, 5) is 5.26. The van der Waals surface area contributed by atoms with E-state index in [-0.39, 0.29) is 18.1 Å². The number of anilines is 1. The van der Waals surface area contributed by atoms with Crippen LogP contribution in [0.4, 0.5) is 5.69 Å². The Morgan fingerprint density at radius 1 is 0.812 bits per heavy atom. The Labute approximate surface area is 284 Å². The van der Waals surface area contributed by atoms with Gasteiger partial charge >= 0.3 is 0 Å². The van der Waals surface area contributed by atoms with Crippen molar-refractivity contribution in [2.45, 2.75) is 31.5 Å². The number of allylic oxidation sites excluding steroid dienone is 5. The highest BCUT2D eigenvalue weighted by molar-refractivity contribution is 7.26. The molecule has 1 aromatic heterocycles. The fraction of sp³-hybridized carbons (Fsp3) is 0.140. The van der Waals surface area contributed by atoms with Gasteiger partial charge in [0.1, 0.15) is 12.0 Å².